The van der Waals surface area contributed by atoms with Crippen LogP contribution in [0.15, 0.2) is 12.3 Å². The van der Waals surface area contributed by atoms with E-state index in [2.05, 4.69) is 4.98 Å². The maximum Gasteiger partial charge on any atom is 0.417 e. The third-order valence-electron chi connectivity index (χ3n) is 2.92. The van der Waals surface area contributed by atoms with Crippen LogP contribution >= 0.6 is 11.6 Å². The maximum atomic E-state index is 12.5. The molecule has 2 amide bonds. The van der Waals surface area contributed by atoms with Gasteiger partial charge in [-0.25, -0.2) is 4.98 Å². The van der Waals surface area contributed by atoms with Gasteiger partial charge in [0.1, 0.15) is 6.04 Å². The van der Waals surface area contributed by atoms with E-state index in [4.69, 9.17) is 17.3 Å². The highest BCUT2D eigenvalue weighted by molar-refractivity contribution is 6.33. The average molecular weight is 308 g/mol. The van der Waals surface area contributed by atoms with Crippen molar-refractivity contribution < 1.29 is 22.8 Å². The first kappa shape index (κ1) is 14.6. The van der Waals surface area contributed by atoms with Gasteiger partial charge in [0.15, 0.2) is 5.82 Å². The minimum atomic E-state index is -4.59. The average Bonchev–Trinajstić information content (AvgIpc) is 2.70. The van der Waals surface area contributed by atoms with Gasteiger partial charge in [-0.05, 0) is 12.5 Å². The van der Waals surface area contributed by atoms with Crippen LogP contribution in [0, 0.1) is 0 Å². The van der Waals surface area contributed by atoms with Crippen LogP contribution in [0.5, 0.6) is 0 Å². The highest BCUT2D eigenvalue weighted by Gasteiger charge is 2.39. The molecule has 20 heavy (non-hydrogen) atoms. The summed E-state index contributed by atoms with van der Waals surface area (Å²) < 4.78 is 37.5. The van der Waals surface area contributed by atoms with Crippen molar-refractivity contribution in [3.8, 4) is 0 Å². The largest absolute Gasteiger partial charge is 0.417 e. The van der Waals surface area contributed by atoms with Crippen LogP contribution in [0.1, 0.15) is 18.4 Å². The molecule has 0 bridgehead atoms. The Hall–Kier alpha value is -1.83. The molecule has 2 rings (SSSR count). The standard InChI is InChI=1S/C11H9ClF3N3O2/c12-6-3-5(11(13,14)15)4-17-10(6)18-7(9(16)20)1-2-8(18)19/h3-4,7H,1-2H2,(H2,16,20)/t7-/m0/s1. The van der Waals surface area contributed by atoms with Crippen molar-refractivity contribution in [1.29, 1.82) is 0 Å². The summed E-state index contributed by atoms with van der Waals surface area (Å²) in [7, 11) is 0. The number of rotatable bonds is 2. The molecule has 1 atom stereocenters. The Kier molecular flexibility index (Phi) is 3.59. The number of aromatic nitrogens is 1. The zero-order chi connectivity index (χ0) is 15.1. The minimum Gasteiger partial charge on any atom is -0.368 e. The molecule has 2 heterocycles. The van der Waals surface area contributed by atoms with Crippen molar-refractivity contribution in [2.75, 3.05) is 4.90 Å². The van der Waals surface area contributed by atoms with Gasteiger partial charge in [-0.15, -0.1) is 0 Å². The van der Waals surface area contributed by atoms with E-state index in [1.54, 1.807) is 0 Å². The second-order valence-electron chi connectivity index (χ2n) is 4.25. The Balaban J connectivity index is 2.42. The molecule has 9 heteroatoms. The number of anilines is 1. The lowest BCUT2D eigenvalue weighted by molar-refractivity contribution is -0.137. The van der Waals surface area contributed by atoms with Crippen LogP contribution in [-0.2, 0) is 15.8 Å². The number of carbonyl (C=O) groups excluding carboxylic acids is 2. The molecule has 1 aromatic rings. The Morgan fingerprint density at radius 1 is 1.50 bits per heavy atom. The number of amides is 2. The Morgan fingerprint density at radius 3 is 2.65 bits per heavy atom. The number of halogens is 4. The van der Waals surface area contributed by atoms with Gasteiger partial charge in [0.05, 0.1) is 10.6 Å². The summed E-state index contributed by atoms with van der Waals surface area (Å²) in [5.41, 5.74) is 4.12. The first-order valence-electron chi connectivity index (χ1n) is 5.56. The lowest BCUT2D eigenvalue weighted by Crippen LogP contribution is -2.43. The third-order valence-corrected chi connectivity index (χ3v) is 3.20. The summed E-state index contributed by atoms with van der Waals surface area (Å²) in [6.07, 6.45) is -3.78. The van der Waals surface area contributed by atoms with E-state index < -0.39 is 29.6 Å². The molecule has 1 aromatic heterocycles. The molecule has 0 unspecified atom stereocenters. The normalized spacial score (nSPS) is 19.5. The van der Waals surface area contributed by atoms with Gasteiger partial charge in [-0.1, -0.05) is 11.6 Å². The summed E-state index contributed by atoms with van der Waals surface area (Å²) in [6.45, 7) is 0. The second-order valence-corrected chi connectivity index (χ2v) is 4.65. The fourth-order valence-corrected chi connectivity index (χ4v) is 2.24. The number of alkyl halides is 3. The predicted octanol–water partition coefficient (Wildman–Crippen LogP) is 1.73. The summed E-state index contributed by atoms with van der Waals surface area (Å²) in [6, 6.07) is -0.280. The summed E-state index contributed by atoms with van der Waals surface area (Å²) in [5.74, 6) is -1.40. The van der Waals surface area contributed by atoms with E-state index >= 15 is 0 Å². The molecule has 1 aliphatic heterocycles. The molecule has 0 aromatic carbocycles. The number of carbonyl (C=O) groups is 2. The summed E-state index contributed by atoms with van der Waals surface area (Å²) in [4.78, 5) is 27.5. The molecule has 0 saturated carbocycles. The van der Waals surface area contributed by atoms with Gasteiger partial charge in [-0.3, -0.25) is 14.5 Å². The van der Waals surface area contributed by atoms with Crippen LogP contribution in [0.2, 0.25) is 5.02 Å². The van der Waals surface area contributed by atoms with Gasteiger partial charge in [0, 0.05) is 12.6 Å². The fraction of sp³-hybridized carbons (Fsp3) is 0.364. The van der Waals surface area contributed by atoms with E-state index in [-0.39, 0.29) is 23.7 Å². The molecule has 2 N–H and O–H groups in total. The van der Waals surface area contributed by atoms with Crippen molar-refractivity contribution in [2.45, 2.75) is 25.1 Å². The first-order chi connectivity index (χ1) is 9.21. The highest BCUT2D eigenvalue weighted by atomic mass is 35.5. The SMILES string of the molecule is NC(=O)[C@@H]1CCC(=O)N1c1ncc(C(F)(F)F)cc1Cl. The van der Waals surface area contributed by atoms with Crippen LogP contribution in [0.3, 0.4) is 0 Å². The number of nitrogens with zero attached hydrogens (tertiary/aromatic N) is 2. The second kappa shape index (κ2) is 4.93. The molecule has 0 aliphatic carbocycles. The molecule has 108 valence electrons. The Morgan fingerprint density at radius 2 is 2.15 bits per heavy atom. The van der Waals surface area contributed by atoms with Crippen LogP contribution < -0.4 is 10.6 Å². The maximum absolute atomic E-state index is 12.5. The zero-order valence-electron chi connectivity index (χ0n) is 9.95. The molecule has 1 saturated heterocycles. The summed E-state index contributed by atoms with van der Waals surface area (Å²) >= 11 is 5.74. The number of hydrogen-bond donors (Lipinski definition) is 1. The quantitative estimate of drug-likeness (QED) is 0.904. The number of hydrogen-bond acceptors (Lipinski definition) is 3. The van der Waals surface area contributed by atoms with Crippen molar-refractivity contribution in [3.63, 3.8) is 0 Å². The highest BCUT2D eigenvalue weighted by Crippen LogP contribution is 2.35. The van der Waals surface area contributed by atoms with Gasteiger partial charge in [0.2, 0.25) is 11.8 Å². The van der Waals surface area contributed by atoms with Crippen molar-refractivity contribution in [1.82, 2.24) is 4.98 Å². The van der Waals surface area contributed by atoms with Crippen LogP contribution in [-0.4, -0.2) is 22.8 Å². The first-order valence-corrected chi connectivity index (χ1v) is 5.93. The Labute approximate surface area is 116 Å². The van der Waals surface area contributed by atoms with Crippen molar-refractivity contribution in [2.24, 2.45) is 5.73 Å². The minimum absolute atomic E-state index is 0.0621. The van der Waals surface area contributed by atoms with Gasteiger partial charge >= 0.3 is 6.18 Å². The molecule has 0 radical (unpaired) electrons. The van der Waals surface area contributed by atoms with Gasteiger partial charge in [0.25, 0.3) is 0 Å². The number of nitrogens with two attached hydrogens (primary N) is 1. The van der Waals surface area contributed by atoms with E-state index in [0.717, 1.165) is 4.90 Å². The van der Waals surface area contributed by atoms with Gasteiger partial charge in [-0.2, -0.15) is 13.2 Å². The van der Waals surface area contributed by atoms with Gasteiger partial charge < -0.3 is 5.73 Å². The fourth-order valence-electron chi connectivity index (χ4n) is 1.98. The lowest BCUT2D eigenvalue weighted by atomic mass is 10.2. The van der Waals surface area contributed by atoms with Crippen LogP contribution in [0.4, 0.5) is 19.0 Å². The smallest absolute Gasteiger partial charge is 0.368 e. The Bertz CT molecular complexity index is 577. The predicted molar refractivity (Wildman–Crippen MR) is 64.0 cm³/mol. The van der Waals surface area contributed by atoms with Crippen molar-refractivity contribution in [3.05, 3.63) is 22.8 Å². The number of pyridine rings is 1. The lowest BCUT2D eigenvalue weighted by Gasteiger charge is -2.22. The molecular weight excluding hydrogens is 299 g/mol. The zero-order valence-corrected chi connectivity index (χ0v) is 10.7. The number of primary amides is 1. The third kappa shape index (κ3) is 2.55. The van der Waals surface area contributed by atoms with E-state index in [1.165, 1.54) is 0 Å². The topological polar surface area (TPSA) is 76.3 Å². The molecule has 1 aliphatic rings. The molecular formula is C11H9ClF3N3O2. The van der Waals surface area contributed by atoms with E-state index in [1.807, 2.05) is 0 Å². The van der Waals surface area contributed by atoms with E-state index in [0.29, 0.717) is 12.3 Å². The molecule has 1 fully saturated rings. The van der Waals surface area contributed by atoms with Crippen LogP contribution in [0.25, 0.3) is 0 Å². The van der Waals surface area contributed by atoms with Crippen molar-refractivity contribution >= 4 is 29.2 Å². The monoisotopic (exact) mass is 307 g/mol. The molecule has 5 nitrogen and oxygen atoms in total. The molecule has 0 spiro atoms. The summed E-state index contributed by atoms with van der Waals surface area (Å²) in [5, 5.41) is -0.360. The van der Waals surface area contributed by atoms with E-state index in [9.17, 15) is 22.8 Å².